The summed E-state index contributed by atoms with van der Waals surface area (Å²) < 4.78 is 16.8. The molecule has 2 heterocycles. The van der Waals surface area contributed by atoms with Gasteiger partial charge in [-0.25, -0.2) is 0 Å². The maximum Gasteiger partial charge on any atom is 0.190 e. The van der Waals surface area contributed by atoms with Crippen LogP contribution in [0, 0.1) is 0 Å². The van der Waals surface area contributed by atoms with Crippen molar-refractivity contribution in [2.75, 3.05) is 6.61 Å². The first-order valence-electron chi connectivity index (χ1n) is 6.05. The lowest BCUT2D eigenvalue weighted by Crippen LogP contribution is -2.43. The molecule has 5 atom stereocenters. The van der Waals surface area contributed by atoms with E-state index in [1.807, 2.05) is 13.8 Å². The topological polar surface area (TPSA) is 88.4 Å². The number of hydrogen-bond donors (Lipinski definition) is 3. The standard InChI is InChI=1S/C11H20O6/c1-3-11(4-2)16-9-7(14)8(6(13)5-12)15-10(9)17-11/h6-10,12-14H,3-5H2,1-2H3/t6-,7+,8+,9-,10-/m1/s1. The van der Waals surface area contributed by atoms with E-state index in [-0.39, 0.29) is 0 Å². The molecule has 2 aliphatic rings. The first kappa shape index (κ1) is 13.2. The predicted molar refractivity (Wildman–Crippen MR) is 57.0 cm³/mol. The summed E-state index contributed by atoms with van der Waals surface area (Å²) in [6.45, 7) is 3.42. The summed E-state index contributed by atoms with van der Waals surface area (Å²) in [7, 11) is 0. The van der Waals surface area contributed by atoms with Crippen molar-refractivity contribution in [3.05, 3.63) is 0 Å². The Morgan fingerprint density at radius 3 is 2.35 bits per heavy atom. The van der Waals surface area contributed by atoms with Crippen LogP contribution < -0.4 is 0 Å². The molecule has 2 rings (SSSR count). The second kappa shape index (κ2) is 4.79. The van der Waals surface area contributed by atoms with E-state index in [2.05, 4.69) is 0 Å². The van der Waals surface area contributed by atoms with Crippen molar-refractivity contribution in [2.45, 2.75) is 63.2 Å². The van der Waals surface area contributed by atoms with Crippen molar-refractivity contribution in [1.29, 1.82) is 0 Å². The van der Waals surface area contributed by atoms with Crippen LogP contribution in [-0.2, 0) is 14.2 Å². The zero-order valence-corrected chi connectivity index (χ0v) is 10.1. The fourth-order valence-corrected chi connectivity index (χ4v) is 2.37. The highest BCUT2D eigenvalue weighted by molar-refractivity contribution is 4.96. The third kappa shape index (κ3) is 2.09. The molecule has 0 spiro atoms. The Morgan fingerprint density at radius 1 is 1.24 bits per heavy atom. The van der Waals surface area contributed by atoms with Crippen LogP contribution in [0.25, 0.3) is 0 Å². The van der Waals surface area contributed by atoms with Crippen LogP contribution in [0.1, 0.15) is 26.7 Å². The van der Waals surface area contributed by atoms with Gasteiger partial charge in [-0.2, -0.15) is 0 Å². The number of aliphatic hydroxyl groups is 3. The van der Waals surface area contributed by atoms with Crippen LogP contribution in [-0.4, -0.2) is 58.4 Å². The molecule has 2 fully saturated rings. The molecule has 0 aliphatic carbocycles. The third-order valence-corrected chi connectivity index (χ3v) is 3.56. The van der Waals surface area contributed by atoms with Gasteiger partial charge in [0, 0.05) is 0 Å². The van der Waals surface area contributed by atoms with E-state index < -0.39 is 43.1 Å². The summed E-state index contributed by atoms with van der Waals surface area (Å²) in [6, 6.07) is 0. The van der Waals surface area contributed by atoms with Crippen LogP contribution in [0.3, 0.4) is 0 Å². The largest absolute Gasteiger partial charge is 0.394 e. The van der Waals surface area contributed by atoms with Crippen molar-refractivity contribution >= 4 is 0 Å². The van der Waals surface area contributed by atoms with E-state index in [0.29, 0.717) is 12.8 Å². The molecule has 0 amide bonds. The van der Waals surface area contributed by atoms with Crippen molar-refractivity contribution < 1.29 is 29.5 Å². The van der Waals surface area contributed by atoms with E-state index in [0.717, 1.165) is 0 Å². The normalized spacial score (nSPS) is 41.5. The van der Waals surface area contributed by atoms with E-state index in [1.165, 1.54) is 0 Å². The summed E-state index contributed by atoms with van der Waals surface area (Å²) in [5.41, 5.74) is 0. The van der Waals surface area contributed by atoms with Crippen molar-refractivity contribution in [1.82, 2.24) is 0 Å². The molecule has 0 saturated carbocycles. The molecule has 6 heteroatoms. The zero-order valence-electron chi connectivity index (χ0n) is 10.1. The molecule has 2 aliphatic heterocycles. The molecule has 0 bridgehead atoms. The number of aliphatic hydroxyl groups excluding tert-OH is 3. The van der Waals surface area contributed by atoms with Gasteiger partial charge in [0.25, 0.3) is 0 Å². The molecule has 3 N–H and O–H groups in total. The lowest BCUT2D eigenvalue weighted by atomic mass is 10.1. The van der Waals surface area contributed by atoms with E-state index in [1.54, 1.807) is 0 Å². The summed E-state index contributed by atoms with van der Waals surface area (Å²) in [5, 5.41) is 28.3. The third-order valence-electron chi connectivity index (χ3n) is 3.56. The van der Waals surface area contributed by atoms with Crippen molar-refractivity contribution in [2.24, 2.45) is 0 Å². The number of fused-ring (bicyclic) bond motifs is 1. The second-order valence-electron chi connectivity index (χ2n) is 4.53. The maximum absolute atomic E-state index is 9.98. The molecule has 0 unspecified atom stereocenters. The van der Waals surface area contributed by atoms with Crippen molar-refractivity contribution in [3.8, 4) is 0 Å². The zero-order chi connectivity index (χ0) is 12.6. The first-order valence-corrected chi connectivity index (χ1v) is 6.05. The van der Waals surface area contributed by atoms with Gasteiger partial charge in [-0.05, 0) is 12.8 Å². The Kier molecular flexibility index (Phi) is 3.72. The Labute approximate surface area is 100 Å². The molecule has 17 heavy (non-hydrogen) atoms. The summed E-state index contributed by atoms with van der Waals surface area (Å²) in [6.07, 6.45) is -2.90. The Hall–Kier alpha value is -0.240. The van der Waals surface area contributed by atoms with E-state index >= 15 is 0 Å². The molecule has 0 radical (unpaired) electrons. The minimum atomic E-state index is -1.12. The Balaban J connectivity index is 2.05. The van der Waals surface area contributed by atoms with Gasteiger partial charge >= 0.3 is 0 Å². The number of rotatable bonds is 4. The van der Waals surface area contributed by atoms with Gasteiger partial charge in [0.15, 0.2) is 12.1 Å². The second-order valence-corrected chi connectivity index (χ2v) is 4.53. The molecule has 2 saturated heterocycles. The minimum Gasteiger partial charge on any atom is -0.394 e. The minimum absolute atomic E-state index is 0.464. The van der Waals surface area contributed by atoms with Gasteiger partial charge in [-0.3, -0.25) is 0 Å². The number of ether oxygens (including phenoxy) is 3. The average Bonchev–Trinajstić information content (AvgIpc) is 2.86. The van der Waals surface area contributed by atoms with Crippen LogP contribution >= 0.6 is 0 Å². The highest BCUT2D eigenvalue weighted by Crippen LogP contribution is 2.41. The average molecular weight is 248 g/mol. The van der Waals surface area contributed by atoms with Crippen LogP contribution in [0.4, 0.5) is 0 Å². The SMILES string of the molecule is CCC1(CC)O[C@H]2O[C@@H]([C@H](O)CO)[C@H](O)[C@H]2O1. The Morgan fingerprint density at radius 2 is 1.88 bits per heavy atom. The predicted octanol–water partition coefficient (Wildman–Crippen LogP) is -0.643. The maximum atomic E-state index is 9.98. The van der Waals surface area contributed by atoms with E-state index in [4.69, 9.17) is 19.3 Å². The molecular formula is C11H20O6. The van der Waals surface area contributed by atoms with Crippen LogP contribution in [0.2, 0.25) is 0 Å². The molecule has 0 aromatic carbocycles. The fraction of sp³-hybridized carbons (Fsp3) is 1.00. The van der Waals surface area contributed by atoms with Crippen molar-refractivity contribution in [3.63, 3.8) is 0 Å². The van der Waals surface area contributed by atoms with Crippen LogP contribution in [0.5, 0.6) is 0 Å². The monoisotopic (exact) mass is 248 g/mol. The lowest BCUT2D eigenvalue weighted by Gasteiger charge is -2.29. The summed E-state index contributed by atoms with van der Waals surface area (Å²) in [5.74, 6) is -0.703. The van der Waals surface area contributed by atoms with Gasteiger partial charge in [0.05, 0.1) is 6.61 Å². The molecule has 0 aromatic heterocycles. The quantitative estimate of drug-likeness (QED) is 0.613. The summed E-state index contributed by atoms with van der Waals surface area (Å²) >= 11 is 0. The highest BCUT2D eigenvalue weighted by atomic mass is 16.8. The molecule has 100 valence electrons. The lowest BCUT2D eigenvalue weighted by molar-refractivity contribution is -0.245. The van der Waals surface area contributed by atoms with Gasteiger partial charge in [-0.1, -0.05) is 13.8 Å². The Bertz CT molecular complexity index is 267. The van der Waals surface area contributed by atoms with Gasteiger partial charge < -0.3 is 29.5 Å². The van der Waals surface area contributed by atoms with Gasteiger partial charge in [0.1, 0.15) is 24.4 Å². The van der Waals surface area contributed by atoms with Gasteiger partial charge in [0.2, 0.25) is 0 Å². The number of hydrogen-bond acceptors (Lipinski definition) is 6. The molecule has 6 nitrogen and oxygen atoms in total. The highest BCUT2D eigenvalue weighted by Gasteiger charge is 2.57. The van der Waals surface area contributed by atoms with E-state index in [9.17, 15) is 10.2 Å². The first-order chi connectivity index (χ1) is 8.06. The fourth-order valence-electron chi connectivity index (χ4n) is 2.37. The molecule has 0 aromatic rings. The van der Waals surface area contributed by atoms with Gasteiger partial charge in [-0.15, -0.1) is 0 Å². The smallest absolute Gasteiger partial charge is 0.190 e. The summed E-state index contributed by atoms with van der Waals surface area (Å²) in [4.78, 5) is 0. The molecular weight excluding hydrogens is 228 g/mol. The van der Waals surface area contributed by atoms with Crippen LogP contribution in [0.15, 0.2) is 0 Å².